The minimum absolute atomic E-state index is 0.329. The Morgan fingerprint density at radius 1 is 0.771 bits per heavy atom. The molecular formula is C29H19BrN2O3. The fraction of sp³-hybridized carbons (Fsp3) is 0. The van der Waals surface area contributed by atoms with Crippen LogP contribution in [0.25, 0.3) is 21.5 Å². The highest BCUT2D eigenvalue weighted by Crippen LogP contribution is 2.25. The number of rotatable bonds is 5. The van der Waals surface area contributed by atoms with E-state index in [1.165, 1.54) is 6.21 Å². The summed E-state index contributed by atoms with van der Waals surface area (Å²) in [4.78, 5) is 25.6. The van der Waals surface area contributed by atoms with Crippen LogP contribution in [0.3, 0.4) is 0 Å². The van der Waals surface area contributed by atoms with E-state index in [9.17, 15) is 9.59 Å². The van der Waals surface area contributed by atoms with Crippen molar-refractivity contribution in [2.45, 2.75) is 0 Å². The maximum Gasteiger partial charge on any atom is 0.344 e. The predicted molar refractivity (Wildman–Crippen MR) is 142 cm³/mol. The lowest BCUT2D eigenvalue weighted by molar-refractivity contribution is 0.0736. The third-order valence-corrected chi connectivity index (χ3v) is 6.06. The molecule has 0 heterocycles. The van der Waals surface area contributed by atoms with Crippen LogP contribution < -0.4 is 10.2 Å². The Kier molecular flexibility index (Phi) is 6.37. The Bertz CT molecular complexity index is 1610. The minimum Gasteiger partial charge on any atom is -0.422 e. The first-order valence-corrected chi connectivity index (χ1v) is 11.7. The maximum absolute atomic E-state index is 13.0. The molecule has 1 N–H and O–H groups in total. The van der Waals surface area contributed by atoms with Gasteiger partial charge in [-0.2, -0.15) is 5.10 Å². The SMILES string of the molecule is O=C(N/N=C\c1cc(Br)ccc1OC(=O)c1cccc2ccccc12)c1ccc2ccccc2c1. The van der Waals surface area contributed by atoms with Gasteiger partial charge in [0.15, 0.2) is 0 Å². The van der Waals surface area contributed by atoms with E-state index < -0.39 is 5.97 Å². The zero-order valence-corrected chi connectivity index (χ0v) is 20.0. The predicted octanol–water partition coefficient (Wildman–Crippen LogP) is 6.74. The van der Waals surface area contributed by atoms with Crippen LogP contribution in [0.4, 0.5) is 0 Å². The van der Waals surface area contributed by atoms with Crippen molar-refractivity contribution in [2.24, 2.45) is 5.10 Å². The van der Waals surface area contributed by atoms with Gasteiger partial charge in [-0.15, -0.1) is 0 Å². The highest BCUT2D eigenvalue weighted by atomic mass is 79.9. The van der Waals surface area contributed by atoms with Gasteiger partial charge in [0.05, 0.1) is 11.8 Å². The summed E-state index contributed by atoms with van der Waals surface area (Å²) < 4.78 is 6.50. The molecule has 0 aliphatic heterocycles. The Balaban J connectivity index is 1.35. The van der Waals surface area contributed by atoms with Gasteiger partial charge in [0, 0.05) is 15.6 Å². The largest absolute Gasteiger partial charge is 0.422 e. The first-order chi connectivity index (χ1) is 17.1. The smallest absolute Gasteiger partial charge is 0.344 e. The summed E-state index contributed by atoms with van der Waals surface area (Å²) in [5.41, 5.74) is 4.05. The maximum atomic E-state index is 13.0. The van der Waals surface area contributed by atoms with Crippen molar-refractivity contribution in [2.75, 3.05) is 0 Å². The Hall–Kier alpha value is -4.29. The average Bonchev–Trinajstić information content (AvgIpc) is 2.89. The number of benzene rings is 5. The second-order valence-corrected chi connectivity index (χ2v) is 8.78. The number of nitrogens with zero attached hydrogens (tertiary/aromatic N) is 1. The number of esters is 1. The topological polar surface area (TPSA) is 67.8 Å². The van der Waals surface area contributed by atoms with E-state index in [-0.39, 0.29) is 5.91 Å². The van der Waals surface area contributed by atoms with Gasteiger partial charge in [-0.3, -0.25) is 4.79 Å². The van der Waals surface area contributed by atoms with Gasteiger partial charge in [0.2, 0.25) is 0 Å². The van der Waals surface area contributed by atoms with E-state index in [4.69, 9.17) is 4.74 Å². The lowest BCUT2D eigenvalue weighted by atomic mass is 10.0. The van der Waals surface area contributed by atoms with Gasteiger partial charge in [0.1, 0.15) is 5.75 Å². The van der Waals surface area contributed by atoms with Crippen LogP contribution >= 0.6 is 15.9 Å². The average molecular weight is 523 g/mol. The molecule has 0 aliphatic carbocycles. The molecule has 0 aromatic heterocycles. The monoisotopic (exact) mass is 522 g/mol. The minimum atomic E-state index is -0.473. The van der Waals surface area contributed by atoms with Crippen LogP contribution in [0.1, 0.15) is 26.3 Å². The van der Waals surface area contributed by atoms with Crippen molar-refractivity contribution in [3.63, 3.8) is 0 Å². The van der Waals surface area contributed by atoms with E-state index in [0.29, 0.717) is 22.4 Å². The Morgan fingerprint density at radius 3 is 2.37 bits per heavy atom. The molecule has 0 saturated heterocycles. The summed E-state index contributed by atoms with van der Waals surface area (Å²) in [6, 6.07) is 31.7. The van der Waals surface area contributed by atoms with Crippen LogP contribution in [-0.2, 0) is 0 Å². The van der Waals surface area contributed by atoms with Crippen molar-refractivity contribution >= 4 is 55.6 Å². The molecule has 5 aromatic carbocycles. The molecule has 0 aliphatic rings. The summed E-state index contributed by atoms with van der Waals surface area (Å²) in [7, 11) is 0. The first kappa shape index (κ1) is 22.5. The molecule has 0 fully saturated rings. The number of hydrogen-bond acceptors (Lipinski definition) is 4. The summed E-state index contributed by atoms with van der Waals surface area (Å²) in [5.74, 6) is -0.481. The normalized spacial score (nSPS) is 11.1. The highest BCUT2D eigenvalue weighted by molar-refractivity contribution is 9.10. The number of ether oxygens (including phenoxy) is 1. The number of hydrazone groups is 1. The van der Waals surface area contributed by atoms with Crippen molar-refractivity contribution in [3.05, 3.63) is 124 Å². The lowest BCUT2D eigenvalue weighted by Crippen LogP contribution is -2.17. The fourth-order valence-corrected chi connectivity index (χ4v) is 4.21. The van der Waals surface area contributed by atoms with Crippen LogP contribution in [0.5, 0.6) is 5.75 Å². The van der Waals surface area contributed by atoms with Crippen molar-refractivity contribution in [1.82, 2.24) is 5.43 Å². The van der Waals surface area contributed by atoms with Gasteiger partial charge in [0.25, 0.3) is 5.91 Å². The van der Waals surface area contributed by atoms with Gasteiger partial charge in [-0.25, -0.2) is 10.2 Å². The molecule has 0 atom stereocenters. The molecular weight excluding hydrogens is 504 g/mol. The van der Waals surface area contributed by atoms with Crippen molar-refractivity contribution in [3.8, 4) is 5.75 Å². The third kappa shape index (κ3) is 4.98. The number of nitrogens with one attached hydrogen (secondary N) is 1. The van der Waals surface area contributed by atoms with Gasteiger partial charge in [-0.05, 0) is 57.9 Å². The highest BCUT2D eigenvalue weighted by Gasteiger charge is 2.14. The van der Waals surface area contributed by atoms with E-state index in [2.05, 4.69) is 26.5 Å². The molecule has 0 unspecified atom stereocenters. The molecule has 5 rings (SSSR count). The van der Waals surface area contributed by atoms with Gasteiger partial charge in [-0.1, -0.05) is 82.7 Å². The second kappa shape index (κ2) is 9.91. The summed E-state index contributed by atoms with van der Waals surface area (Å²) in [5, 5.41) is 7.89. The zero-order chi connectivity index (χ0) is 24.2. The van der Waals surface area contributed by atoms with Crippen LogP contribution in [0, 0.1) is 0 Å². The van der Waals surface area contributed by atoms with Gasteiger partial charge >= 0.3 is 5.97 Å². The number of carbonyl (C=O) groups is 2. The third-order valence-electron chi connectivity index (χ3n) is 5.57. The number of halogens is 1. The van der Waals surface area contributed by atoms with Gasteiger partial charge < -0.3 is 4.74 Å². The molecule has 6 heteroatoms. The van der Waals surface area contributed by atoms with Crippen molar-refractivity contribution < 1.29 is 14.3 Å². The second-order valence-electron chi connectivity index (χ2n) is 7.86. The molecule has 5 aromatic rings. The molecule has 1 amide bonds. The van der Waals surface area contributed by atoms with Crippen LogP contribution in [-0.4, -0.2) is 18.1 Å². The molecule has 0 spiro atoms. The first-order valence-electron chi connectivity index (χ1n) is 10.9. The Morgan fingerprint density at radius 2 is 1.51 bits per heavy atom. The number of hydrogen-bond donors (Lipinski definition) is 1. The molecule has 170 valence electrons. The fourth-order valence-electron chi connectivity index (χ4n) is 3.83. The van der Waals surface area contributed by atoms with Crippen LogP contribution in [0.15, 0.2) is 113 Å². The van der Waals surface area contributed by atoms with Crippen LogP contribution in [0.2, 0.25) is 0 Å². The molecule has 0 saturated carbocycles. The van der Waals surface area contributed by atoms with E-state index in [1.54, 1.807) is 30.3 Å². The Labute approximate surface area is 210 Å². The number of carbonyl (C=O) groups excluding carboxylic acids is 2. The molecule has 0 bridgehead atoms. The molecule has 35 heavy (non-hydrogen) atoms. The number of fused-ring (bicyclic) bond motifs is 2. The van der Waals surface area contributed by atoms with Crippen molar-refractivity contribution in [1.29, 1.82) is 0 Å². The lowest BCUT2D eigenvalue weighted by Gasteiger charge is -2.10. The summed E-state index contributed by atoms with van der Waals surface area (Å²) >= 11 is 3.43. The van der Waals surface area contributed by atoms with E-state index in [1.807, 2.05) is 72.8 Å². The van der Waals surface area contributed by atoms with E-state index >= 15 is 0 Å². The number of amides is 1. The molecule has 0 radical (unpaired) electrons. The molecule has 5 nitrogen and oxygen atoms in total. The summed E-state index contributed by atoms with van der Waals surface area (Å²) in [6.07, 6.45) is 1.45. The van der Waals surface area contributed by atoms with E-state index in [0.717, 1.165) is 26.0 Å². The zero-order valence-electron chi connectivity index (χ0n) is 18.4. The summed E-state index contributed by atoms with van der Waals surface area (Å²) in [6.45, 7) is 0. The quantitative estimate of drug-likeness (QED) is 0.120. The standard InChI is InChI=1S/C29H19BrN2O3/c30-24-14-15-27(35-29(34)26-11-5-9-20-7-3-4-10-25(20)26)23(17-24)18-31-32-28(33)22-13-12-19-6-1-2-8-21(19)16-22/h1-18H,(H,32,33)/b31-18-.